The summed E-state index contributed by atoms with van der Waals surface area (Å²) in [4.78, 5) is 2.80. The van der Waals surface area contributed by atoms with Crippen molar-refractivity contribution in [2.24, 2.45) is 5.92 Å². The maximum Gasteiger partial charge on any atom is 0.108 e. The van der Waals surface area contributed by atoms with Crippen LogP contribution in [0.1, 0.15) is 64.2 Å². The van der Waals surface area contributed by atoms with Gasteiger partial charge >= 0.3 is 0 Å². The summed E-state index contributed by atoms with van der Waals surface area (Å²) in [6.07, 6.45) is 12.9. The summed E-state index contributed by atoms with van der Waals surface area (Å²) in [7, 11) is 0. The molecule has 4 rings (SSSR count). The predicted molar refractivity (Wildman–Crippen MR) is 79.2 cm³/mol. The molecule has 110 valence electrons. The summed E-state index contributed by atoms with van der Waals surface area (Å²) >= 11 is 0. The molecular formula is C17H27N3. The Morgan fingerprint density at radius 3 is 2.45 bits per heavy atom. The molecule has 0 amide bonds. The maximum absolute atomic E-state index is 9.74. The standard InChI is InChI=1S/C17H27N3/c18-12-17(19-14-5-6-14)9-1-2-16(10-17)20(15-7-8-15)11-13-3-4-13/h13-16,19H,1-11H2. The number of nitrogens with one attached hydrogen (secondary N) is 1. The highest BCUT2D eigenvalue weighted by molar-refractivity contribution is 5.14. The highest BCUT2D eigenvalue weighted by Crippen LogP contribution is 2.41. The second kappa shape index (κ2) is 5.00. The summed E-state index contributed by atoms with van der Waals surface area (Å²) in [5.41, 5.74) is -0.208. The molecule has 3 nitrogen and oxygen atoms in total. The molecular weight excluding hydrogens is 246 g/mol. The third-order valence-corrected chi connectivity index (χ3v) is 5.65. The van der Waals surface area contributed by atoms with Crippen LogP contribution in [0.25, 0.3) is 0 Å². The third kappa shape index (κ3) is 2.87. The Kier molecular flexibility index (Phi) is 3.27. The van der Waals surface area contributed by atoms with Crippen molar-refractivity contribution in [2.45, 2.75) is 87.9 Å². The molecule has 4 saturated carbocycles. The largest absolute Gasteiger partial charge is 0.297 e. The van der Waals surface area contributed by atoms with Gasteiger partial charge in [0.15, 0.2) is 0 Å². The first kappa shape index (κ1) is 13.1. The van der Waals surface area contributed by atoms with E-state index in [2.05, 4.69) is 16.3 Å². The van der Waals surface area contributed by atoms with Crippen LogP contribution < -0.4 is 5.32 Å². The molecule has 4 aliphatic rings. The van der Waals surface area contributed by atoms with Crippen LogP contribution in [0.15, 0.2) is 0 Å². The molecule has 20 heavy (non-hydrogen) atoms. The highest BCUT2D eigenvalue weighted by atomic mass is 15.2. The monoisotopic (exact) mass is 273 g/mol. The topological polar surface area (TPSA) is 39.1 Å². The normalized spacial score (nSPS) is 37.9. The van der Waals surface area contributed by atoms with Crippen LogP contribution in [0.5, 0.6) is 0 Å². The molecule has 0 radical (unpaired) electrons. The van der Waals surface area contributed by atoms with E-state index < -0.39 is 0 Å². The molecule has 0 saturated heterocycles. The lowest BCUT2D eigenvalue weighted by atomic mass is 9.79. The fourth-order valence-corrected chi connectivity index (χ4v) is 4.01. The molecule has 0 aromatic heterocycles. The number of nitriles is 1. The van der Waals surface area contributed by atoms with Crippen molar-refractivity contribution in [3.63, 3.8) is 0 Å². The first-order valence-electron chi connectivity index (χ1n) is 8.73. The molecule has 2 atom stereocenters. The van der Waals surface area contributed by atoms with E-state index in [-0.39, 0.29) is 5.54 Å². The molecule has 3 heteroatoms. The smallest absolute Gasteiger partial charge is 0.108 e. The summed E-state index contributed by atoms with van der Waals surface area (Å²) < 4.78 is 0. The van der Waals surface area contributed by atoms with Gasteiger partial charge in [-0.1, -0.05) is 0 Å². The molecule has 4 fully saturated rings. The van der Waals surface area contributed by atoms with Gasteiger partial charge < -0.3 is 0 Å². The van der Waals surface area contributed by atoms with Crippen LogP contribution in [-0.4, -0.2) is 35.1 Å². The van der Waals surface area contributed by atoms with Gasteiger partial charge in [-0.3, -0.25) is 10.2 Å². The summed E-state index contributed by atoms with van der Waals surface area (Å²) in [5.74, 6) is 0.977. The quantitative estimate of drug-likeness (QED) is 0.809. The molecule has 4 aliphatic carbocycles. The van der Waals surface area contributed by atoms with Crippen LogP contribution in [-0.2, 0) is 0 Å². The molecule has 2 unspecified atom stereocenters. The number of rotatable bonds is 6. The van der Waals surface area contributed by atoms with Crippen molar-refractivity contribution in [1.29, 1.82) is 5.26 Å². The third-order valence-electron chi connectivity index (χ3n) is 5.65. The fourth-order valence-electron chi connectivity index (χ4n) is 4.01. The van der Waals surface area contributed by atoms with Gasteiger partial charge in [0, 0.05) is 24.7 Å². The van der Waals surface area contributed by atoms with Crippen LogP contribution in [0, 0.1) is 17.2 Å². The van der Waals surface area contributed by atoms with Gasteiger partial charge in [-0.15, -0.1) is 0 Å². The van der Waals surface area contributed by atoms with Crippen LogP contribution in [0.4, 0.5) is 0 Å². The molecule has 0 spiro atoms. The maximum atomic E-state index is 9.74. The number of hydrogen-bond donors (Lipinski definition) is 1. The first-order valence-corrected chi connectivity index (χ1v) is 8.73. The van der Waals surface area contributed by atoms with Gasteiger partial charge in [0.2, 0.25) is 0 Å². The van der Waals surface area contributed by atoms with E-state index in [1.807, 2.05) is 0 Å². The SMILES string of the molecule is N#CC1(NC2CC2)CCCC(N(CC2CC2)C2CC2)C1. The lowest BCUT2D eigenvalue weighted by molar-refractivity contribution is 0.107. The van der Waals surface area contributed by atoms with Gasteiger partial charge in [0.25, 0.3) is 0 Å². The Labute approximate surface area is 122 Å². The van der Waals surface area contributed by atoms with Crippen LogP contribution in [0.3, 0.4) is 0 Å². The first-order chi connectivity index (χ1) is 9.78. The van der Waals surface area contributed by atoms with Crippen LogP contribution >= 0.6 is 0 Å². The summed E-state index contributed by atoms with van der Waals surface area (Å²) in [6.45, 7) is 1.32. The van der Waals surface area contributed by atoms with E-state index >= 15 is 0 Å². The minimum Gasteiger partial charge on any atom is -0.297 e. The Bertz CT molecular complexity index is 403. The summed E-state index contributed by atoms with van der Waals surface area (Å²) in [5, 5.41) is 13.4. The van der Waals surface area contributed by atoms with E-state index in [9.17, 15) is 5.26 Å². The van der Waals surface area contributed by atoms with Gasteiger partial charge in [0.05, 0.1) is 6.07 Å². The lowest BCUT2D eigenvalue weighted by Crippen LogP contribution is -2.54. The second-order valence-corrected chi connectivity index (χ2v) is 7.73. The zero-order valence-corrected chi connectivity index (χ0v) is 12.5. The van der Waals surface area contributed by atoms with E-state index in [1.165, 1.54) is 57.9 Å². The fraction of sp³-hybridized carbons (Fsp3) is 0.941. The van der Waals surface area contributed by atoms with E-state index in [1.54, 1.807) is 0 Å². The zero-order valence-electron chi connectivity index (χ0n) is 12.5. The van der Waals surface area contributed by atoms with Crippen molar-refractivity contribution in [3.05, 3.63) is 0 Å². The van der Waals surface area contributed by atoms with Gasteiger partial charge in [0.1, 0.15) is 5.54 Å². The predicted octanol–water partition coefficient (Wildman–Crippen LogP) is 2.82. The van der Waals surface area contributed by atoms with E-state index in [4.69, 9.17) is 0 Å². The Morgan fingerprint density at radius 1 is 1.05 bits per heavy atom. The van der Waals surface area contributed by atoms with Crippen molar-refractivity contribution in [3.8, 4) is 6.07 Å². The molecule has 0 aromatic rings. The highest BCUT2D eigenvalue weighted by Gasteiger charge is 2.45. The van der Waals surface area contributed by atoms with E-state index in [0.29, 0.717) is 12.1 Å². The Balaban J connectivity index is 1.44. The molecule has 0 aromatic carbocycles. The lowest BCUT2D eigenvalue weighted by Gasteiger charge is -2.42. The molecule has 0 aliphatic heterocycles. The minimum atomic E-state index is -0.208. The molecule has 1 N–H and O–H groups in total. The molecule has 0 heterocycles. The van der Waals surface area contributed by atoms with E-state index in [0.717, 1.165) is 24.8 Å². The van der Waals surface area contributed by atoms with Crippen molar-refractivity contribution < 1.29 is 0 Å². The second-order valence-electron chi connectivity index (χ2n) is 7.73. The van der Waals surface area contributed by atoms with Gasteiger partial charge in [-0.05, 0) is 70.1 Å². The van der Waals surface area contributed by atoms with Gasteiger partial charge in [-0.2, -0.15) is 5.26 Å². The van der Waals surface area contributed by atoms with Gasteiger partial charge in [-0.25, -0.2) is 0 Å². The Hall–Kier alpha value is -0.590. The van der Waals surface area contributed by atoms with Crippen molar-refractivity contribution >= 4 is 0 Å². The number of hydrogen-bond acceptors (Lipinski definition) is 3. The van der Waals surface area contributed by atoms with Crippen LogP contribution in [0.2, 0.25) is 0 Å². The summed E-state index contributed by atoms with van der Waals surface area (Å²) in [6, 6.07) is 4.84. The zero-order chi connectivity index (χ0) is 13.6. The molecule has 0 bridgehead atoms. The van der Waals surface area contributed by atoms with Crippen molar-refractivity contribution in [1.82, 2.24) is 10.2 Å². The van der Waals surface area contributed by atoms with Crippen molar-refractivity contribution in [2.75, 3.05) is 6.54 Å². The Morgan fingerprint density at radius 2 is 1.85 bits per heavy atom. The average molecular weight is 273 g/mol. The average Bonchev–Trinajstić information content (AvgIpc) is 3.28. The number of nitrogens with zero attached hydrogens (tertiary/aromatic N) is 2. The minimum absolute atomic E-state index is 0.208.